The summed E-state index contributed by atoms with van der Waals surface area (Å²) >= 11 is 0. The predicted octanol–water partition coefficient (Wildman–Crippen LogP) is 0.722. The molecule has 0 radical (unpaired) electrons. The van der Waals surface area contributed by atoms with Gasteiger partial charge in [0.1, 0.15) is 5.69 Å². The first-order valence-electron chi connectivity index (χ1n) is 5.22. The third-order valence-corrected chi connectivity index (χ3v) is 2.85. The Balaban J connectivity index is 2.06. The number of carbonyl (C=O) groups is 1. The first-order chi connectivity index (χ1) is 7.72. The summed E-state index contributed by atoms with van der Waals surface area (Å²) in [5, 5.41) is 18.4. The molecule has 2 heterocycles. The summed E-state index contributed by atoms with van der Waals surface area (Å²) in [5.41, 5.74) is 1.25. The molecule has 0 bridgehead atoms. The third-order valence-electron chi connectivity index (χ3n) is 2.85. The van der Waals surface area contributed by atoms with E-state index in [9.17, 15) is 4.79 Å². The molecule has 1 aliphatic heterocycles. The zero-order chi connectivity index (χ0) is 11.5. The van der Waals surface area contributed by atoms with Crippen molar-refractivity contribution in [1.82, 2.24) is 15.1 Å². The summed E-state index contributed by atoms with van der Waals surface area (Å²) in [5.74, 6) is 0.0481. The third kappa shape index (κ3) is 1.91. The van der Waals surface area contributed by atoms with E-state index in [1.807, 2.05) is 6.92 Å². The van der Waals surface area contributed by atoms with Gasteiger partial charge in [0.05, 0.1) is 5.71 Å². The van der Waals surface area contributed by atoms with Crippen LogP contribution in [0, 0.1) is 5.92 Å². The summed E-state index contributed by atoms with van der Waals surface area (Å²) in [6.07, 6.45) is 2.18. The van der Waals surface area contributed by atoms with Gasteiger partial charge < -0.3 is 10.1 Å². The first kappa shape index (κ1) is 10.7. The van der Waals surface area contributed by atoms with Crippen molar-refractivity contribution in [2.45, 2.75) is 13.3 Å². The van der Waals surface area contributed by atoms with Crippen LogP contribution in [-0.2, 0) is 0 Å². The number of H-pyrrole nitrogens is 1. The maximum Gasteiger partial charge on any atom is 0.271 e. The number of nitrogens with zero attached hydrogens (tertiary/aromatic N) is 3. The van der Waals surface area contributed by atoms with Gasteiger partial charge in [0, 0.05) is 31.6 Å². The van der Waals surface area contributed by atoms with Gasteiger partial charge in [-0.15, -0.1) is 0 Å². The van der Waals surface area contributed by atoms with Gasteiger partial charge in [-0.25, -0.2) is 0 Å². The second kappa shape index (κ2) is 4.34. The van der Waals surface area contributed by atoms with Crippen LogP contribution in [0.15, 0.2) is 17.4 Å². The minimum absolute atomic E-state index is 0.0543. The molecule has 2 rings (SSSR count). The Morgan fingerprint density at radius 1 is 1.75 bits per heavy atom. The molecule has 1 saturated heterocycles. The molecule has 1 aromatic heterocycles. The maximum absolute atomic E-state index is 12.0. The lowest BCUT2D eigenvalue weighted by atomic mass is 9.97. The molecule has 1 aromatic rings. The maximum atomic E-state index is 12.0. The largest absolute Gasteiger partial charge is 0.411 e. The van der Waals surface area contributed by atoms with Crippen LogP contribution in [0.3, 0.4) is 0 Å². The fourth-order valence-electron chi connectivity index (χ4n) is 1.90. The van der Waals surface area contributed by atoms with Crippen LogP contribution in [0.5, 0.6) is 0 Å². The number of amides is 1. The van der Waals surface area contributed by atoms with Gasteiger partial charge >= 0.3 is 0 Å². The van der Waals surface area contributed by atoms with Gasteiger partial charge in [-0.1, -0.05) is 12.1 Å². The number of carbonyl (C=O) groups excluding carboxylic acids is 1. The van der Waals surface area contributed by atoms with Crippen LogP contribution < -0.4 is 0 Å². The highest BCUT2D eigenvalue weighted by Gasteiger charge is 2.26. The average molecular weight is 222 g/mol. The van der Waals surface area contributed by atoms with E-state index in [4.69, 9.17) is 5.21 Å². The van der Waals surface area contributed by atoms with Crippen LogP contribution in [0.2, 0.25) is 0 Å². The Hall–Kier alpha value is -1.85. The highest BCUT2D eigenvalue weighted by molar-refractivity contribution is 5.94. The average Bonchev–Trinajstić information content (AvgIpc) is 2.81. The smallest absolute Gasteiger partial charge is 0.271 e. The molecule has 6 heteroatoms. The second-order valence-corrected chi connectivity index (χ2v) is 3.96. The van der Waals surface area contributed by atoms with Crippen LogP contribution in [0.1, 0.15) is 23.8 Å². The van der Waals surface area contributed by atoms with Crippen molar-refractivity contribution in [3.05, 3.63) is 18.0 Å². The topological polar surface area (TPSA) is 81.6 Å². The van der Waals surface area contributed by atoms with E-state index in [1.165, 1.54) is 0 Å². The van der Waals surface area contributed by atoms with Crippen molar-refractivity contribution in [2.24, 2.45) is 11.1 Å². The van der Waals surface area contributed by atoms with Crippen LogP contribution in [0.25, 0.3) is 0 Å². The molecular formula is C10H14N4O2. The van der Waals surface area contributed by atoms with Crippen molar-refractivity contribution >= 4 is 11.6 Å². The van der Waals surface area contributed by atoms with Crippen molar-refractivity contribution in [3.8, 4) is 0 Å². The summed E-state index contributed by atoms with van der Waals surface area (Å²) < 4.78 is 0. The lowest BCUT2D eigenvalue weighted by Gasteiger charge is -2.31. The molecule has 16 heavy (non-hydrogen) atoms. The molecule has 0 saturated carbocycles. The monoisotopic (exact) mass is 222 g/mol. The van der Waals surface area contributed by atoms with Gasteiger partial charge in [-0.05, 0) is 6.07 Å². The van der Waals surface area contributed by atoms with Crippen LogP contribution >= 0.6 is 0 Å². The van der Waals surface area contributed by atoms with Gasteiger partial charge in [0.2, 0.25) is 0 Å². The molecule has 1 aliphatic rings. The van der Waals surface area contributed by atoms with Crippen molar-refractivity contribution in [2.75, 3.05) is 13.1 Å². The number of piperidine rings is 1. The SMILES string of the molecule is CC1CN(C(=O)c2ccn[nH]2)CC/C1=N\O. The van der Waals surface area contributed by atoms with E-state index in [-0.39, 0.29) is 11.8 Å². The molecular weight excluding hydrogens is 208 g/mol. The zero-order valence-corrected chi connectivity index (χ0v) is 9.05. The molecule has 0 aromatic carbocycles. The Labute approximate surface area is 92.9 Å². The highest BCUT2D eigenvalue weighted by atomic mass is 16.4. The van der Waals surface area contributed by atoms with Gasteiger partial charge in [-0.3, -0.25) is 9.89 Å². The summed E-state index contributed by atoms with van der Waals surface area (Å²) in [4.78, 5) is 13.7. The quantitative estimate of drug-likeness (QED) is 0.542. The molecule has 6 nitrogen and oxygen atoms in total. The standard InChI is InChI=1S/C10H14N4O2/c1-7-6-14(5-3-8(7)13-16)10(15)9-2-4-11-12-9/h2,4,7,16H,3,5-6H2,1H3,(H,11,12)/b13-8+. The normalized spacial score (nSPS) is 23.7. The van der Waals surface area contributed by atoms with Gasteiger partial charge in [-0.2, -0.15) is 5.10 Å². The lowest BCUT2D eigenvalue weighted by molar-refractivity contribution is 0.0728. The van der Waals surface area contributed by atoms with Crippen molar-refractivity contribution < 1.29 is 10.0 Å². The van der Waals surface area contributed by atoms with Crippen LogP contribution in [0.4, 0.5) is 0 Å². The second-order valence-electron chi connectivity index (χ2n) is 3.96. The predicted molar refractivity (Wildman–Crippen MR) is 57.5 cm³/mol. The molecule has 1 unspecified atom stereocenters. The van der Waals surface area contributed by atoms with E-state index < -0.39 is 0 Å². The molecule has 0 aliphatic carbocycles. The molecule has 0 spiro atoms. The fourth-order valence-corrected chi connectivity index (χ4v) is 1.90. The molecule has 1 atom stereocenters. The molecule has 1 amide bonds. The van der Waals surface area contributed by atoms with E-state index in [1.54, 1.807) is 17.2 Å². The number of nitrogens with one attached hydrogen (secondary N) is 1. The Bertz CT molecular complexity index is 399. The van der Waals surface area contributed by atoms with Crippen LogP contribution in [-0.4, -0.2) is 45.0 Å². The molecule has 2 N–H and O–H groups in total. The number of oxime groups is 1. The Kier molecular flexibility index (Phi) is 2.89. The number of hydrogen-bond donors (Lipinski definition) is 2. The zero-order valence-electron chi connectivity index (χ0n) is 9.05. The first-order valence-corrected chi connectivity index (χ1v) is 5.22. The lowest BCUT2D eigenvalue weighted by Crippen LogP contribution is -2.43. The minimum atomic E-state index is -0.0543. The molecule has 1 fully saturated rings. The Morgan fingerprint density at radius 3 is 3.12 bits per heavy atom. The number of aromatic nitrogens is 2. The van der Waals surface area contributed by atoms with E-state index in [2.05, 4.69) is 15.4 Å². The van der Waals surface area contributed by atoms with Crippen molar-refractivity contribution in [3.63, 3.8) is 0 Å². The fraction of sp³-hybridized carbons (Fsp3) is 0.500. The van der Waals surface area contributed by atoms with E-state index in [0.717, 1.165) is 5.71 Å². The van der Waals surface area contributed by atoms with Gasteiger partial charge in [0.25, 0.3) is 5.91 Å². The Morgan fingerprint density at radius 2 is 2.56 bits per heavy atom. The summed E-state index contributed by atoms with van der Waals surface area (Å²) in [6.45, 7) is 3.11. The number of likely N-dealkylation sites (tertiary alicyclic amines) is 1. The highest BCUT2D eigenvalue weighted by Crippen LogP contribution is 2.15. The summed E-state index contributed by atoms with van der Waals surface area (Å²) in [6, 6.07) is 1.66. The van der Waals surface area contributed by atoms with Gasteiger partial charge in [0.15, 0.2) is 0 Å². The molecule has 86 valence electrons. The van der Waals surface area contributed by atoms with E-state index >= 15 is 0 Å². The van der Waals surface area contributed by atoms with Crippen molar-refractivity contribution in [1.29, 1.82) is 0 Å². The number of aromatic amines is 1. The number of rotatable bonds is 1. The number of hydrogen-bond acceptors (Lipinski definition) is 4. The van der Waals surface area contributed by atoms with E-state index in [0.29, 0.717) is 25.2 Å². The summed E-state index contributed by atoms with van der Waals surface area (Å²) in [7, 11) is 0. The minimum Gasteiger partial charge on any atom is -0.411 e.